The van der Waals surface area contributed by atoms with Crippen molar-refractivity contribution in [3.05, 3.63) is 0 Å². The van der Waals surface area contributed by atoms with Gasteiger partial charge < -0.3 is 19.7 Å². The number of esters is 1. The Morgan fingerprint density at radius 3 is 2.44 bits per heavy atom. The Bertz CT molecular complexity index is 568. The largest absolute Gasteiger partial charge is 0.467 e. The van der Waals surface area contributed by atoms with Gasteiger partial charge in [-0.15, -0.1) is 0 Å². The Morgan fingerprint density at radius 2 is 1.84 bits per heavy atom. The molecule has 2 amide bonds. The molecule has 0 aromatic heterocycles. The lowest BCUT2D eigenvalue weighted by atomic mass is 9.98. The predicted molar refractivity (Wildman–Crippen MR) is 87.7 cm³/mol. The van der Waals surface area contributed by atoms with Crippen LogP contribution in [0.1, 0.15) is 52.9 Å². The molecule has 0 aromatic carbocycles. The molecule has 0 aromatic rings. The highest BCUT2D eigenvalue weighted by Gasteiger charge is 2.45. The van der Waals surface area contributed by atoms with E-state index in [4.69, 9.17) is 9.47 Å². The number of alkyl carbamates (subject to hydrolysis) is 1. The van der Waals surface area contributed by atoms with Gasteiger partial charge in [-0.3, -0.25) is 9.59 Å². The standard InChI is InChI=1S/C17H26N2O6/c1-17(2,3)25-16(23)18-12-9-11(20)7-5-10-6-8-13(15(22)24-4)19(10)14(12)21/h10,12-13H,5-9H2,1-4H3,(H,18,23)/t10-,12-,13-/m0/s1. The third-order valence-electron chi connectivity index (χ3n) is 4.41. The molecule has 1 N–H and O–H groups in total. The van der Waals surface area contributed by atoms with Gasteiger partial charge in [0.2, 0.25) is 5.91 Å². The van der Waals surface area contributed by atoms with Gasteiger partial charge in [-0.1, -0.05) is 0 Å². The molecule has 140 valence electrons. The molecule has 25 heavy (non-hydrogen) atoms. The van der Waals surface area contributed by atoms with Crippen LogP contribution >= 0.6 is 0 Å². The molecule has 8 nitrogen and oxygen atoms in total. The zero-order valence-corrected chi connectivity index (χ0v) is 15.2. The molecule has 0 aliphatic carbocycles. The monoisotopic (exact) mass is 354 g/mol. The van der Waals surface area contributed by atoms with Crippen molar-refractivity contribution >= 4 is 23.8 Å². The van der Waals surface area contributed by atoms with Crippen molar-refractivity contribution < 1.29 is 28.7 Å². The van der Waals surface area contributed by atoms with Crippen LogP contribution < -0.4 is 5.32 Å². The highest BCUT2D eigenvalue weighted by Crippen LogP contribution is 2.31. The first-order chi connectivity index (χ1) is 11.6. The Balaban J connectivity index is 2.19. The molecule has 0 radical (unpaired) electrons. The first kappa shape index (κ1) is 19.2. The number of hydrogen-bond acceptors (Lipinski definition) is 6. The third kappa shape index (κ3) is 4.70. The maximum absolute atomic E-state index is 13.0. The molecule has 0 unspecified atom stereocenters. The molecule has 0 bridgehead atoms. The Morgan fingerprint density at radius 1 is 1.16 bits per heavy atom. The topological polar surface area (TPSA) is 102 Å². The molecular formula is C17H26N2O6. The summed E-state index contributed by atoms with van der Waals surface area (Å²) in [4.78, 5) is 50.5. The summed E-state index contributed by atoms with van der Waals surface area (Å²) in [5, 5.41) is 2.49. The van der Waals surface area contributed by atoms with E-state index in [9.17, 15) is 19.2 Å². The minimum absolute atomic E-state index is 0.0874. The van der Waals surface area contributed by atoms with Crippen molar-refractivity contribution in [3.8, 4) is 0 Å². The number of Topliss-reactive ketones (excluding diaryl/α,β-unsaturated/α-hetero) is 1. The number of carbonyl (C=O) groups is 4. The van der Waals surface area contributed by atoms with Crippen LogP contribution in [-0.4, -0.2) is 59.5 Å². The Kier molecular flexibility index (Phi) is 5.69. The number of rotatable bonds is 2. The molecule has 8 heteroatoms. The number of carbonyl (C=O) groups excluding carboxylic acids is 4. The van der Waals surface area contributed by atoms with E-state index >= 15 is 0 Å². The fourth-order valence-corrected chi connectivity index (χ4v) is 3.35. The van der Waals surface area contributed by atoms with Gasteiger partial charge in [0.25, 0.3) is 0 Å². The van der Waals surface area contributed by atoms with Crippen LogP contribution in [0.4, 0.5) is 4.79 Å². The van der Waals surface area contributed by atoms with Crippen molar-refractivity contribution in [2.45, 2.75) is 76.6 Å². The van der Waals surface area contributed by atoms with Crippen LogP contribution in [0.15, 0.2) is 0 Å². The highest BCUT2D eigenvalue weighted by atomic mass is 16.6. The number of ether oxygens (including phenoxy) is 2. The highest BCUT2D eigenvalue weighted by molar-refractivity contribution is 5.95. The van der Waals surface area contributed by atoms with Gasteiger partial charge in [0, 0.05) is 18.9 Å². The average Bonchev–Trinajstić information content (AvgIpc) is 2.91. The van der Waals surface area contributed by atoms with Gasteiger partial charge in [0.1, 0.15) is 23.5 Å². The Hall–Kier alpha value is -2.12. The van der Waals surface area contributed by atoms with Gasteiger partial charge >= 0.3 is 12.1 Å². The lowest BCUT2D eigenvalue weighted by Gasteiger charge is -2.34. The molecule has 2 aliphatic heterocycles. The smallest absolute Gasteiger partial charge is 0.408 e. The summed E-state index contributed by atoms with van der Waals surface area (Å²) in [5.74, 6) is -0.994. The minimum atomic E-state index is -1.03. The van der Waals surface area contributed by atoms with E-state index in [1.54, 1.807) is 20.8 Å². The first-order valence-electron chi connectivity index (χ1n) is 8.53. The maximum Gasteiger partial charge on any atom is 0.408 e. The number of methoxy groups -OCH3 is 1. The van der Waals surface area contributed by atoms with Gasteiger partial charge in [-0.25, -0.2) is 9.59 Å². The lowest BCUT2D eigenvalue weighted by Crippen LogP contribution is -2.56. The molecule has 2 aliphatic rings. The van der Waals surface area contributed by atoms with Crippen LogP contribution in [-0.2, 0) is 23.9 Å². The van der Waals surface area contributed by atoms with Crippen molar-refractivity contribution in [3.63, 3.8) is 0 Å². The second-order valence-electron chi connectivity index (χ2n) is 7.50. The molecule has 2 heterocycles. The van der Waals surface area contributed by atoms with E-state index in [1.165, 1.54) is 12.0 Å². The summed E-state index contributed by atoms with van der Waals surface area (Å²) in [7, 11) is 1.28. The van der Waals surface area contributed by atoms with Crippen LogP contribution in [0.3, 0.4) is 0 Å². The van der Waals surface area contributed by atoms with Crippen molar-refractivity contribution in [1.82, 2.24) is 10.2 Å². The second-order valence-corrected chi connectivity index (χ2v) is 7.50. The zero-order chi connectivity index (χ0) is 18.8. The molecule has 2 rings (SSSR count). The van der Waals surface area contributed by atoms with Gasteiger partial charge in [0.15, 0.2) is 0 Å². The number of nitrogens with zero attached hydrogens (tertiary/aromatic N) is 1. The summed E-state index contributed by atoms with van der Waals surface area (Å²) in [6.07, 6.45) is 1.11. The number of amides is 2. The fraction of sp³-hybridized carbons (Fsp3) is 0.765. The summed E-state index contributed by atoms with van der Waals surface area (Å²) >= 11 is 0. The van der Waals surface area contributed by atoms with Gasteiger partial charge in [0.05, 0.1) is 7.11 Å². The summed E-state index contributed by atoms with van der Waals surface area (Å²) in [5.41, 5.74) is -0.719. The fourth-order valence-electron chi connectivity index (χ4n) is 3.35. The van der Waals surface area contributed by atoms with Gasteiger partial charge in [-0.05, 0) is 40.0 Å². The van der Waals surface area contributed by atoms with Crippen LogP contribution in [0.25, 0.3) is 0 Å². The van der Waals surface area contributed by atoms with Gasteiger partial charge in [-0.2, -0.15) is 0 Å². The third-order valence-corrected chi connectivity index (χ3v) is 4.41. The van der Waals surface area contributed by atoms with Crippen molar-refractivity contribution in [1.29, 1.82) is 0 Å². The summed E-state index contributed by atoms with van der Waals surface area (Å²) < 4.78 is 9.97. The molecule has 2 saturated heterocycles. The molecular weight excluding hydrogens is 328 g/mol. The van der Waals surface area contributed by atoms with E-state index in [-0.39, 0.29) is 18.2 Å². The van der Waals surface area contributed by atoms with E-state index in [0.717, 1.165) is 0 Å². The lowest BCUT2D eigenvalue weighted by molar-refractivity contribution is -0.153. The van der Waals surface area contributed by atoms with E-state index in [0.29, 0.717) is 25.7 Å². The summed E-state index contributed by atoms with van der Waals surface area (Å²) in [6, 6.07) is -1.89. The van der Waals surface area contributed by atoms with E-state index in [1.807, 2.05) is 0 Å². The zero-order valence-electron chi connectivity index (χ0n) is 15.2. The molecule has 0 saturated carbocycles. The number of ketones is 1. The second kappa shape index (κ2) is 7.41. The first-order valence-corrected chi connectivity index (χ1v) is 8.53. The quantitative estimate of drug-likeness (QED) is 0.747. The van der Waals surface area contributed by atoms with Crippen molar-refractivity contribution in [2.24, 2.45) is 0 Å². The average molecular weight is 354 g/mol. The summed E-state index contributed by atoms with van der Waals surface area (Å²) in [6.45, 7) is 5.13. The Labute approximate surface area is 147 Å². The number of hydrogen-bond donors (Lipinski definition) is 1. The van der Waals surface area contributed by atoms with Crippen LogP contribution in [0.5, 0.6) is 0 Å². The van der Waals surface area contributed by atoms with E-state index in [2.05, 4.69) is 5.32 Å². The minimum Gasteiger partial charge on any atom is -0.467 e. The number of fused-ring (bicyclic) bond motifs is 1. The number of nitrogens with one attached hydrogen (secondary N) is 1. The SMILES string of the molecule is COC(=O)[C@@H]1CC[C@@H]2CCC(=O)C[C@H](NC(=O)OC(C)(C)C)C(=O)N21. The molecule has 0 spiro atoms. The predicted octanol–water partition coefficient (Wildman–Crippen LogP) is 1.17. The van der Waals surface area contributed by atoms with Crippen molar-refractivity contribution in [2.75, 3.05) is 7.11 Å². The van der Waals surface area contributed by atoms with Crippen LogP contribution in [0, 0.1) is 0 Å². The molecule has 2 fully saturated rings. The normalized spacial score (nSPS) is 27.2. The molecule has 3 atom stereocenters. The van der Waals surface area contributed by atoms with E-state index < -0.39 is 35.7 Å². The maximum atomic E-state index is 13.0. The van der Waals surface area contributed by atoms with Crippen LogP contribution in [0.2, 0.25) is 0 Å².